The van der Waals surface area contributed by atoms with Crippen molar-refractivity contribution in [2.75, 3.05) is 0 Å². The first kappa shape index (κ1) is 13.0. The predicted molar refractivity (Wildman–Crippen MR) is 77.6 cm³/mol. The number of halogens is 1. The molecule has 0 aromatic carbocycles. The van der Waals surface area contributed by atoms with Crippen LogP contribution in [0.2, 0.25) is 0 Å². The molecule has 2 aromatic heterocycles. The van der Waals surface area contributed by atoms with Crippen LogP contribution in [0.3, 0.4) is 0 Å². The van der Waals surface area contributed by atoms with E-state index in [0.717, 1.165) is 29.1 Å². The highest BCUT2D eigenvalue weighted by atomic mass is 35.5. The van der Waals surface area contributed by atoms with E-state index < -0.39 is 0 Å². The average Bonchev–Trinajstić information content (AvgIpc) is 2.73. The molecule has 1 saturated carbocycles. The van der Waals surface area contributed by atoms with E-state index in [-0.39, 0.29) is 5.38 Å². The summed E-state index contributed by atoms with van der Waals surface area (Å²) in [6.45, 7) is 8.70. The molecule has 19 heavy (non-hydrogen) atoms. The topological polar surface area (TPSA) is 35.6 Å². The van der Waals surface area contributed by atoms with Gasteiger partial charge >= 0.3 is 0 Å². The Bertz CT molecular complexity index is 635. The molecule has 3 rings (SSSR count). The third kappa shape index (κ3) is 1.80. The Morgan fingerprint density at radius 1 is 1.47 bits per heavy atom. The summed E-state index contributed by atoms with van der Waals surface area (Å²) in [5, 5.41) is 4.50. The third-order valence-electron chi connectivity index (χ3n) is 4.23. The van der Waals surface area contributed by atoms with Crippen molar-refractivity contribution < 1.29 is 0 Å². The van der Waals surface area contributed by atoms with Gasteiger partial charge in [-0.1, -0.05) is 20.8 Å². The standard InChI is InChI=1S/C14H21ClN4/c1-6-9-11-13(18(5)17-9)19(10-7-14(10,3)4)12(16-11)8(2)15/h8,10H,6-7H2,1-5H3. The van der Waals surface area contributed by atoms with E-state index in [2.05, 4.69) is 30.4 Å². The molecule has 2 unspecified atom stereocenters. The molecule has 1 aliphatic carbocycles. The fourth-order valence-electron chi connectivity index (χ4n) is 2.93. The van der Waals surface area contributed by atoms with Crippen LogP contribution in [0.25, 0.3) is 11.2 Å². The van der Waals surface area contributed by atoms with Crippen LogP contribution >= 0.6 is 11.6 Å². The van der Waals surface area contributed by atoms with Gasteiger partial charge in [0.15, 0.2) is 5.65 Å². The van der Waals surface area contributed by atoms with Crippen LogP contribution in [0, 0.1) is 5.41 Å². The number of alkyl halides is 1. The lowest BCUT2D eigenvalue weighted by Gasteiger charge is -2.12. The molecule has 0 amide bonds. The van der Waals surface area contributed by atoms with E-state index in [9.17, 15) is 0 Å². The normalized spacial score (nSPS) is 22.9. The lowest BCUT2D eigenvalue weighted by atomic mass is 10.2. The number of aryl methyl sites for hydroxylation is 2. The van der Waals surface area contributed by atoms with Crippen LogP contribution in [-0.4, -0.2) is 19.3 Å². The van der Waals surface area contributed by atoms with Crippen molar-refractivity contribution >= 4 is 22.8 Å². The highest BCUT2D eigenvalue weighted by Crippen LogP contribution is 2.57. The van der Waals surface area contributed by atoms with Crippen molar-refractivity contribution in [3.05, 3.63) is 11.5 Å². The summed E-state index contributed by atoms with van der Waals surface area (Å²) in [6.07, 6.45) is 2.08. The van der Waals surface area contributed by atoms with E-state index in [1.807, 2.05) is 18.7 Å². The van der Waals surface area contributed by atoms with Crippen LogP contribution in [0.4, 0.5) is 0 Å². The summed E-state index contributed by atoms with van der Waals surface area (Å²) in [5.41, 5.74) is 3.54. The minimum absolute atomic E-state index is 0.0755. The van der Waals surface area contributed by atoms with E-state index in [4.69, 9.17) is 16.6 Å². The summed E-state index contributed by atoms with van der Waals surface area (Å²) in [4.78, 5) is 4.78. The minimum atomic E-state index is -0.0755. The molecule has 2 heterocycles. The van der Waals surface area contributed by atoms with Crippen LogP contribution in [0.15, 0.2) is 0 Å². The van der Waals surface area contributed by atoms with E-state index in [0.29, 0.717) is 11.5 Å². The molecule has 0 spiro atoms. The second-order valence-corrected chi connectivity index (χ2v) is 6.92. The summed E-state index contributed by atoms with van der Waals surface area (Å²) >= 11 is 6.34. The zero-order valence-electron chi connectivity index (χ0n) is 12.2. The first-order valence-corrected chi connectivity index (χ1v) is 7.38. The van der Waals surface area contributed by atoms with Gasteiger partial charge in [-0.3, -0.25) is 4.68 Å². The molecular weight excluding hydrogens is 260 g/mol. The molecule has 5 heteroatoms. The fraction of sp³-hybridized carbons (Fsp3) is 0.714. The average molecular weight is 281 g/mol. The molecule has 0 saturated heterocycles. The van der Waals surface area contributed by atoms with Crippen molar-refractivity contribution in [1.82, 2.24) is 19.3 Å². The van der Waals surface area contributed by atoms with Gasteiger partial charge in [-0.15, -0.1) is 11.6 Å². The fourth-order valence-corrected chi connectivity index (χ4v) is 3.08. The molecular formula is C14H21ClN4. The molecule has 104 valence electrons. The largest absolute Gasteiger partial charge is 0.308 e. The second-order valence-electron chi connectivity index (χ2n) is 6.26. The Labute approximate surface area is 118 Å². The van der Waals surface area contributed by atoms with Gasteiger partial charge < -0.3 is 4.57 Å². The van der Waals surface area contributed by atoms with Gasteiger partial charge in [0.2, 0.25) is 0 Å². The molecule has 2 atom stereocenters. The number of nitrogens with zero attached hydrogens (tertiary/aromatic N) is 4. The van der Waals surface area contributed by atoms with Crippen molar-refractivity contribution in [2.24, 2.45) is 12.5 Å². The Morgan fingerprint density at radius 3 is 2.58 bits per heavy atom. The molecule has 0 bridgehead atoms. The van der Waals surface area contributed by atoms with Crippen LogP contribution < -0.4 is 0 Å². The van der Waals surface area contributed by atoms with Gasteiger partial charge in [0, 0.05) is 13.1 Å². The van der Waals surface area contributed by atoms with Gasteiger partial charge in [0.05, 0.1) is 11.1 Å². The second kappa shape index (κ2) is 3.98. The van der Waals surface area contributed by atoms with Crippen molar-refractivity contribution in [3.8, 4) is 0 Å². The lowest BCUT2D eigenvalue weighted by Crippen LogP contribution is -2.09. The monoisotopic (exact) mass is 280 g/mol. The van der Waals surface area contributed by atoms with Gasteiger partial charge in [0.1, 0.15) is 11.3 Å². The molecule has 4 nitrogen and oxygen atoms in total. The quantitative estimate of drug-likeness (QED) is 0.805. The Balaban J connectivity index is 2.27. The summed E-state index contributed by atoms with van der Waals surface area (Å²) in [5.74, 6) is 0.981. The number of imidazole rings is 1. The Morgan fingerprint density at radius 2 is 2.11 bits per heavy atom. The van der Waals surface area contributed by atoms with E-state index >= 15 is 0 Å². The lowest BCUT2D eigenvalue weighted by molar-refractivity contribution is 0.526. The maximum Gasteiger partial charge on any atom is 0.159 e. The first-order chi connectivity index (χ1) is 8.86. The maximum atomic E-state index is 6.34. The van der Waals surface area contributed by atoms with Gasteiger partial charge in [-0.05, 0) is 25.2 Å². The van der Waals surface area contributed by atoms with E-state index in [1.54, 1.807) is 0 Å². The van der Waals surface area contributed by atoms with Crippen LogP contribution in [-0.2, 0) is 13.5 Å². The zero-order valence-corrected chi connectivity index (χ0v) is 13.0. The number of aromatic nitrogens is 4. The number of hydrogen-bond donors (Lipinski definition) is 0. The van der Waals surface area contributed by atoms with Crippen LogP contribution in [0.5, 0.6) is 0 Å². The van der Waals surface area contributed by atoms with Crippen molar-refractivity contribution in [3.63, 3.8) is 0 Å². The first-order valence-electron chi connectivity index (χ1n) is 6.94. The summed E-state index contributed by atoms with van der Waals surface area (Å²) in [7, 11) is 2.00. The number of rotatable bonds is 3. The molecule has 0 radical (unpaired) electrons. The summed E-state index contributed by atoms with van der Waals surface area (Å²) < 4.78 is 4.28. The van der Waals surface area contributed by atoms with E-state index in [1.165, 1.54) is 6.42 Å². The highest BCUT2D eigenvalue weighted by Gasteiger charge is 2.49. The van der Waals surface area contributed by atoms with Gasteiger partial charge in [-0.25, -0.2) is 4.98 Å². The van der Waals surface area contributed by atoms with Crippen LogP contribution in [0.1, 0.15) is 57.1 Å². The molecule has 1 aliphatic rings. The van der Waals surface area contributed by atoms with Crippen molar-refractivity contribution in [2.45, 2.75) is 52.0 Å². The predicted octanol–water partition coefficient (Wildman–Crippen LogP) is 3.60. The van der Waals surface area contributed by atoms with Crippen molar-refractivity contribution in [1.29, 1.82) is 0 Å². The maximum absolute atomic E-state index is 6.34. The molecule has 1 fully saturated rings. The van der Waals surface area contributed by atoms with Gasteiger partial charge in [-0.2, -0.15) is 5.10 Å². The molecule has 0 aliphatic heterocycles. The Kier molecular flexibility index (Phi) is 2.72. The zero-order chi connectivity index (χ0) is 13.9. The highest BCUT2D eigenvalue weighted by molar-refractivity contribution is 6.20. The summed E-state index contributed by atoms with van der Waals surface area (Å²) in [6, 6.07) is 0.494. The number of hydrogen-bond acceptors (Lipinski definition) is 2. The molecule has 0 N–H and O–H groups in total. The number of fused-ring (bicyclic) bond motifs is 1. The smallest absolute Gasteiger partial charge is 0.159 e. The minimum Gasteiger partial charge on any atom is -0.308 e. The third-order valence-corrected chi connectivity index (χ3v) is 4.42. The van der Waals surface area contributed by atoms with Gasteiger partial charge in [0.25, 0.3) is 0 Å². The Hall–Kier alpha value is -1.03. The molecule has 2 aromatic rings. The SMILES string of the molecule is CCc1nn(C)c2c1nc(C(C)Cl)n2C1CC1(C)C.